The van der Waals surface area contributed by atoms with Crippen LogP contribution in [0.5, 0.6) is 0 Å². The van der Waals surface area contributed by atoms with E-state index in [1.165, 1.54) is 0 Å². The number of nitrogens with zero attached hydrogens (tertiary/aromatic N) is 1. The lowest BCUT2D eigenvalue weighted by atomic mass is 10.1. The van der Waals surface area contributed by atoms with Gasteiger partial charge < -0.3 is 18.9 Å². The molecule has 6 nitrogen and oxygen atoms in total. The second kappa shape index (κ2) is 12.7. The van der Waals surface area contributed by atoms with Crippen LogP contribution in [0.3, 0.4) is 0 Å². The topological polar surface area (TPSA) is 86.7 Å². The molecular formula is C19H37NO5S. The first-order valence-electron chi connectivity index (χ1n) is 9.63. The molecule has 0 unspecified atom stereocenters. The van der Waals surface area contributed by atoms with Gasteiger partial charge >= 0.3 is 0 Å². The first-order chi connectivity index (χ1) is 12.1. The largest absolute Gasteiger partial charge is 0.748 e. The molecular weight excluding hydrogens is 354 g/mol. The van der Waals surface area contributed by atoms with Crippen LogP contribution in [0.1, 0.15) is 59.8 Å². The van der Waals surface area contributed by atoms with Crippen LogP contribution >= 0.6 is 0 Å². The molecule has 0 saturated carbocycles. The minimum Gasteiger partial charge on any atom is -0.748 e. The molecule has 154 valence electrons. The number of quaternary nitrogens is 1. The van der Waals surface area contributed by atoms with Crippen LogP contribution < -0.4 is 0 Å². The molecule has 0 aromatic carbocycles. The lowest BCUT2D eigenvalue weighted by molar-refractivity contribution is -0.922. The van der Waals surface area contributed by atoms with E-state index < -0.39 is 15.7 Å². The third-order valence-corrected chi connectivity index (χ3v) is 5.15. The summed E-state index contributed by atoms with van der Waals surface area (Å²) >= 11 is 0. The van der Waals surface area contributed by atoms with Crippen LogP contribution in [0.2, 0.25) is 0 Å². The van der Waals surface area contributed by atoms with Gasteiger partial charge in [-0.25, -0.2) is 8.42 Å². The Morgan fingerprint density at radius 3 is 2.08 bits per heavy atom. The van der Waals surface area contributed by atoms with E-state index >= 15 is 0 Å². The summed E-state index contributed by atoms with van der Waals surface area (Å²) in [5, 5.41) is 8.89. The van der Waals surface area contributed by atoms with Crippen molar-refractivity contribution in [3.8, 4) is 11.8 Å². The average Bonchev–Trinajstić information content (AvgIpc) is 2.55. The molecule has 0 atom stereocenters. The Labute approximate surface area is 160 Å². The van der Waals surface area contributed by atoms with E-state index in [0.717, 1.165) is 43.3 Å². The van der Waals surface area contributed by atoms with Gasteiger partial charge in [-0.05, 0) is 32.6 Å². The second-order valence-corrected chi connectivity index (χ2v) is 8.90. The first-order valence-corrected chi connectivity index (χ1v) is 11.2. The molecule has 0 aliphatic heterocycles. The van der Waals surface area contributed by atoms with Crippen molar-refractivity contribution in [1.82, 2.24) is 0 Å². The van der Waals surface area contributed by atoms with E-state index in [4.69, 9.17) is 9.84 Å². The number of hydrogen-bond donors (Lipinski definition) is 1. The number of aliphatic hydroxyl groups is 1. The van der Waals surface area contributed by atoms with Crippen molar-refractivity contribution < 1.29 is 27.3 Å². The molecule has 0 rings (SSSR count). The average molecular weight is 392 g/mol. The highest BCUT2D eigenvalue weighted by Gasteiger charge is 2.25. The van der Waals surface area contributed by atoms with Crippen LogP contribution in [0.15, 0.2) is 0 Å². The van der Waals surface area contributed by atoms with Crippen molar-refractivity contribution in [2.24, 2.45) is 0 Å². The van der Waals surface area contributed by atoms with Gasteiger partial charge in [-0.2, -0.15) is 0 Å². The maximum atomic E-state index is 11.0. The summed E-state index contributed by atoms with van der Waals surface area (Å²) < 4.78 is 39.1. The fourth-order valence-corrected chi connectivity index (χ4v) is 3.38. The van der Waals surface area contributed by atoms with E-state index in [1.54, 1.807) is 0 Å². The number of ether oxygens (including phenoxy) is 1. The minimum atomic E-state index is -4.18. The van der Waals surface area contributed by atoms with E-state index in [2.05, 4.69) is 25.7 Å². The van der Waals surface area contributed by atoms with Crippen LogP contribution in [-0.2, 0) is 14.9 Å². The number of aliphatic hydroxyl groups excluding tert-OH is 1. The molecule has 0 radical (unpaired) electrons. The van der Waals surface area contributed by atoms with Crippen molar-refractivity contribution in [3.05, 3.63) is 0 Å². The van der Waals surface area contributed by atoms with Crippen molar-refractivity contribution in [3.63, 3.8) is 0 Å². The molecule has 0 bridgehead atoms. The highest BCUT2D eigenvalue weighted by atomic mass is 32.2. The summed E-state index contributed by atoms with van der Waals surface area (Å²) in [4.78, 5) is 0. The van der Waals surface area contributed by atoms with Gasteiger partial charge in [-0.15, -0.1) is 0 Å². The Morgan fingerprint density at radius 2 is 1.62 bits per heavy atom. The summed E-state index contributed by atoms with van der Waals surface area (Å²) in [5.74, 6) is 6.04. The number of hydrogen-bond acceptors (Lipinski definition) is 5. The van der Waals surface area contributed by atoms with Crippen molar-refractivity contribution in [1.29, 1.82) is 0 Å². The van der Waals surface area contributed by atoms with Crippen LogP contribution in [-0.4, -0.2) is 73.3 Å². The second-order valence-electron chi connectivity index (χ2n) is 7.38. The zero-order valence-electron chi connectivity index (χ0n) is 16.9. The van der Waals surface area contributed by atoms with E-state index in [0.29, 0.717) is 19.5 Å². The molecule has 26 heavy (non-hydrogen) atoms. The van der Waals surface area contributed by atoms with E-state index in [-0.39, 0.29) is 19.0 Å². The highest BCUT2D eigenvalue weighted by Crippen LogP contribution is 2.15. The van der Waals surface area contributed by atoms with E-state index in [9.17, 15) is 13.0 Å². The van der Waals surface area contributed by atoms with Gasteiger partial charge in [0.1, 0.15) is 12.1 Å². The Kier molecular flexibility index (Phi) is 12.4. The lowest BCUT2D eigenvalue weighted by Crippen LogP contribution is -2.51. The van der Waals surface area contributed by atoms with Crippen molar-refractivity contribution in [2.45, 2.75) is 65.4 Å². The molecule has 0 aromatic rings. The molecule has 7 heteroatoms. The van der Waals surface area contributed by atoms with Crippen LogP contribution in [0.4, 0.5) is 0 Å². The van der Waals surface area contributed by atoms with Gasteiger partial charge in [0.15, 0.2) is 0 Å². The van der Waals surface area contributed by atoms with Gasteiger partial charge in [0.2, 0.25) is 0 Å². The third kappa shape index (κ3) is 12.7. The monoisotopic (exact) mass is 391 g/mol. The molecule has 0 aromatic heterocycles. The fraction of sp³-hybridized carbons (Fsp3) is 0.895. The standard InChI is InChI=1S/C19H37NO5S/c1-5-7-12-20(13-8-6-2,15-10-18-26(22,23)24)14-9-11-19(3,4)25-17-16-21/h21H,5-8,10,12-18H2,1-4H3. The zero-order chi connectivity index (χ0) is 20.1. The Bertz CT molecular complexity index is 526. The molecule has 0 spiro atoms. The fourth-order valence-electron chi connectivity index (χ4n) is 2.89. The highest BCUT2D eigenvalue weighted by molar-refractivity contribution is 7.85. The Balaban J connectivity index is 5.18. The van der Waals surface area contributed by atoms with Crippen molar-refractivity contribution >= 4 is 10.1 Å². The van der Waals surface area contributed by atoms with Gasteiger partial charge in [0, 0.05) is 12.2 Å². The molecule has 0 saturated heterocycles. The van der Waals surface area contributed by atoms with Gasteiger partial charge in [0.25, 0.3) is 0 Å². The molecule has 1 N–H and O–H groups in total. The summed E-state index contributed by atoms with van der Waals surface area (Å²) in [7, 11) is -4.18. The lowest BCUT2D eigenvalue weighted by Gasteiger charge is -2.37. The molecule has 0 fully saturated rings. The van der Waals surface area contributed by atoms with Crippen molar-refractivity contribution in [2.75, 3.05) is 45.1 Å². The molecule has 0 aliphatic carbocycles. The molecule has 0 aliphatic rings. The third-order valence-electron chi connectivity index (χ3n) is 4.36. The minimum absolute atomic E-state index is 0.0399. The van der Waals surface area contributed by atoms with Crippen LogP contribution in [0, 0.1) is 11.8 Å². The Hall–Kier alpha value is -0.650. The first kappa shape index (κ1) is 25.4. The Morgan fingerprint density at radius 1 is 1.08 bits per heavy atom. The summed E-state index contributed by atoms with van der Waals surface area (Å²) in [5.41, 5.74) is -0.633. The summed E-state index contributed by atoms with van der Waals surface area (Å²) in [6.45, 7) is 11.3. The zero-order valence-corrected chi connectivity index (χ0v) is 17.7. The summed E-state index contributed by atoms with van der Waals surface area (Å²) in [6.07, 6.45) is 4.57. The number of rotatable bonds is 14. The van der Waals surface area contributed by atoms with Gasteiger partial charge in [-0.3, -0.25) is 0 Å². The quantitative estimate of drug-likeness (QED) is 0.278. The predicted molar refractivity (Wildman–Crippen MR) is 104 cm³/mol. The maximum Gasteiger partial charge on any atom is 0.141 e. The molecule has 0 amide bonds. The van der Waals surface area contributed by atoms with E-state index in [1.807, 2.05) is 13.8 Å². The molecule has 0 heterocycles. The van der Waals surface area contributed by atoms with Crippen LogP contribution in [0.25, 0.3) is 0 Å². The van der Waals surface area contributed by atoms with Gasteiger partial charge in [-0.1, -0.05) is 32.6 Å². The predicted octanol–water partition coefficient (Wildman–Crippen LogP) is 2.13. The normalized spacial score (nSPS) is 12.7. The number of unbranched alkanes of at least 4 members (excludes halogenated alkanes) is 2. The summed E-state index contributed by atoms with van der Waals surface area (Å²) in [6, 6.07) is 0. The SMILES string of the molecule is CCCC[N+](CC#CC(C)(C)OCCO)(CCCC)CCCS(=O)(=O)[O-]. The maximum absolute atomic E-state index is 11.0. The smallest absolute Gasteiger partial charge is 0.141 e. The van der Waals surface area contributed by atoms with Gasteiger partial charge in [0.05, 0.1) is 43.0 Å².